The predicted molar refractivity (Wildman–Crippen MR) is 71.2 cm³/mol. The molecule has 0 aliphatic rings. The van der Waals surface area contributed by atoms with Crippen molar-refractivity contribution in [2.24, 2.45) is 0 Å². The quantitative estimate of drug-likeness (QED) is 0.874. The van der Waals surface area contributed by atoms with Crippen LogP contribution >= 0.6 is 35.3 Å². The third-order valence-electron chi connectivity index (χ3n) is 1.39. The van der Waals surface area contributed by atoms with Gasteiger partial charge in [-0.2, -0.15) is 0 Å². The summed E-state index contributed by atoms with van der Waals surface area (Å²) in [7, 11) is 0. The van der Waals surface area contributed by atoms with E-state index in [4.69, 9.17) is 21.4 Å². The first kappa shape index (κ1) is 16.9. The van der Waals surface area contributed by atoms with Crippen LogP contribution in [0.5, 0.6) is 0 Å². The molecule has 0 fully saturated rings. The summed E-state index contributed by atoms with van der Waals surface area (Å²) in [6.45, 7) is 5.14. The maximum atomic E-state index is 11.4. The van der Waals surface area contributed by atoms with Crippen LogP contribution in [0.2, 0.25) is 5.15 Å². The second-order valence-corrected chi connectivity index (χ2v) is 5.43. The molecule has 1 aromatic heterocycles. The molecule has 1 rings (SSSR count). The van der Waals surface area contributed by atoms with Crippen molar-refractivity contribution in [2.45, 2.75) is 26.4 Å². The average Bonchev–Trinajstić information content (AvgIpc) is 2.42. The van der Waals surface area contributed by atoms with E-state index in [1.807, 2.05) is 0 Å². The Hall–Kier alpha value is -1.05. The van der Waals surface area contributed by atoms with Gasteiger partial charge in [-0.15, -0.1) is 12.4 Å². The Kier molecular flexibility index (Phi) is 5.85. The lowest BCUT2D eigenvalue weighted by molar-refractivity contribution is 0.0634. The minimum absolute atomic E-state index is 0. The Morgan fingerprint density at radius 3 is 2.39 bits per heavy atom. The second-order valence-electron chi connectivity index (χ2n) is 4.07. The van der Waals surface area contributed by atoms with Gasteiger partial charge in [0.25, 0.3) is 0 Å². The van der Waals surface area contributed by atoms with Crippen LogP contribution in [0, 0.1) is 0 Å². The number of amides is 1. The Labute approximate surface area is 119 Å². The highest BCUT2D eigenvalue weighted by Gasteiger charge is 2.20. The molecule has 0 spiro atoms. The monoisotopic (exact) mass is 314 g/mol. The zero-order valence-corrected chi connectivity index (χ0v) is 12.2. The fraction of sp³-hybridized carbons (Fsp3) is 0.444. The number of aromatic carboxylic acids is 1. The first-order valence-electron chi connectivity index (χ1n) is 4.58. The van der Waals surface area contributed by atoms with Gasteiger partial charge < -0.3 is 9.84 Å². The van der Waals surface area contributed by atoms with Gasteiger partial charge in [0.05, 0.1) is 0 Å². The summed E-state index contributed by atoms with van der Waals surface area (Å²) in [5.74, 6) is -1.19. The zero-order valence-electron chi connectivity index (χ0n) is 9.81. The summed E-state index contributed by atoms with van der Waals surface area (Å²) in [5.41, 5.74) is -0.638. The number of halogens is 2. The Morgan fingerprint density at radius 2 is 2.00 bits per heavy atom. The van der Waals surface area contributed by atoms with Crippen LogP contribution in [0.4, 0.5) is 9.93 Å². The number of aromatic nitrogens is 1. The molecule has 1 amide bonds. The van der Waals surface area contributed by atoms with E-state index in [9.17, 15) is 9.59 Å². The maximum absolute atomic E-state index is 11.4. The van der Waals surface area contributed by atoms with Gasteiger partial charge in [0.2, 0.25) is 0 Å². The van der Waals surface area contributed by atoms with Gasteiger partial charge in [0.15, 0.2) is 15.2 Å². The van der Waals surface area contributed by atoms with Gasteiger partial charge in [0.1, 0.15) is 5.60 Å². The molecule has 0 aliphatic heterocycles. The highest BCUT2D eigenvalue weighted by molar-refractivity contribution is 7.18. The predicted octanol–water partition coefficient (Wildman–Crippen LogP) is 3.26. The Morgan fingerprint density at radius 1 is 1.44 bits per heavy atom. The van der Waals surface area contributed by atoms with Crippen LogP contribution in [0.15, 0.2) is 0 Å². The molecule has 0 atom stereocenters. The first-order valence-corrected chi connectivity index (χ1v) is 5.78. The van der Waals surface area contributed by atoms with Crippen LogP contribution in [-0.4, -0.2) is 27.8 Å². The molecule has 0 saturated carbocycles. The van der Waals surface area contributed by atoms with Gasteiger partial charge in [-0.3, -0.25) is 5.32 Å². The lowest BCUT2D eigenvalue weighted by Crippen LogP contribution is -2.27. The van der Waals surface area contributed by atoms with E-state index in [1.54, 1.807) is 20.8 Å². The third-order valence-corrected chi connectivity index (χ3v) is 2.73. The van der Waals surface area contributed by atoms with E-state index in [0.29, 0.717) is 0 Å². The summed E-state index contributed by atoms with van der Waals surface area (Å²) in [5, 5.41) is 11.0. The fourth-order valence-electron chi connectivity index (χ4n) is 0.878. The normalized spacial score (nSPS) is 10.4. The fourth-order valence-corrected chi connectivity index (χ4v) is 1.89. The molecule has 2 N–H and O–H groups in total. The van der Waals surface area contributed by atoms with E-state index >= 15 is 0 Å². The number of carboxylic acids is 1. The number of anilines is 1. The number of nitrogens with zero attached hydrogens (tertiary/aromatic N) is 1. The van der Waals surface area contributed by atoms with Crippen LogP contribution < -0.4 is 5.32 Å². The summed E-state index contributed by atoms with van der Waals surface area (Å²) in [6.07, 6.45) is -0.708. The molecule has 1 aromatic rings. The number of carbonyl (C=O) groups excluding carboxylic acids is 1. The van der Waals surface area contributed by atoms with Crippen LogP contribution in [0.1, 0.15) is 30.4 Å². The third kappa shape index (κ3) is 5.07. The molecular weight excluding hydrogens is 303 g/mol. The van der Waals surface area contributed by atoms with Gasteiger partial charge >= 0.3 is 12.1 Å². The first-order chi connectivity index (χ1) is 7.69. The lowest BCUT2D eigenvalue weighted by Gasteiger charge is -2.18. The van der Waals surface area contributed by atoms with Crippen LogP contribution in [0.25, 0.3) is 0 Å². The highest BCUT2D eigenvalue weighted by atomic mass is 35.5. The smallest absolute Gasteiger partial charge is 0.413 e. The van der Waals surface area contributed by atoms with E-state index in [1.165, 1.54) is 0 Å². The molecule has 0 radical (unpaired) electrons. The number of carbonyl (C=O) groups is 2. The molecular formula is C9H12Cl2N2O4S. The number of hydrogen-bond donors (Lipinski definition) is 2. The Bertz CT molecular complexity index is 456. The number of nitrogens with one attached hydrogen (secondary N) is 1. The minimum Gasteiger partial charge on any atom is -0.477 e. The van der Waals surface area contributed by atoms with Gasteiger partial charge in [-0.05, 0) is 20.8 Å². The van der Waals surface area contributed by atoms with Crippen molar-refractivity contribution in [1.82, 2.24) is 4.98 Å². The van der Waals surface area contributed by atoms with Crippen molar-refractivity contribution in [3.63, 3.8) is 0 Å². The topological polar surface area (TPSA) is 88.5 Å². The summed E-state index contributed by atoms with van der Waals surface area (Å²) < 4.78 is 4.98. The number of thiazole rings is 1. The molecule has 0 saturated heterocycles. The summed E-state index contributed by atoms with van der Waals surface area (Å²) in [4.78, 5) is 25.6. The summed E-state index contributed by atoms with van der Waals surface area (Å²) >= 11 is 6.35. The Balaban J connectivity index is 0.00000289. The van der Waals surface area contributed by atoms with E-state index < -0.39 is 17.7 Å². The van der Waals surface area contributed by atoms with Crippen molar-refractivity contribution in [2.75, 3.05) is 5.32 Å². The highest BCUT2D eigenvalue weighted by Crippen LogP contribution is 2.27. The molecule has 102 valence electrons. The number of ether oxygens (including phenoxy) is 1. The van der Waals surface area contributed by atoms with Crippen LogP contribution in [-0.2, 0) is 4.74 Å². The molecule has 0 aliphatic carbocycles. The average molecular weight is 315 g/mol. The molecule has 0 bridgehead atoms. The van der Waals surface area contributed by atoms with E-state index in [0.717, 1.165) is 11.3 Å². The zero-order chi connectivity index (χ0) is 13.2. The molecule has 9 heteroatoms. The maximum Gasteiger partial charge on any atom is 0.413 e. The lowest BCUT2D eigenvalue weighted by atomic mass is 10.2. The molecule has 18 heavy (non-hydrogen) atoms. The van der Waals surface area contributed by atoms with Gasteiger partial charge in [0, 0.05) is 0 Å². The van der Waals surface area contributed by atoms with Crippen molar-refractivity contribution >= 4 is 52.5 Å². The van der Waals surface area contributed by atoms with Crippen molar-refractivity contribution in [3.8, 4) is 0 Å². The molecule has 6 nitrogen and oxygen atoms in total. The van der Waals surface area contributed by atoms with Gasteiger partial charge in [-0.1, -0.05) is 22.9 Å². The second kappa shape index (κ2) is 6.21. The number of carboxylic acid groups (broad SMARTS) is 1. The molecule has 0 unspecified atom stereocenters. The SMILES string of the molecule is CC(C)(C)OC(=O)Nc1nc(Cl)c(C(=O)O)s1.Cl. The van der Waals surface area contributed by atoms with E-state index in [-0.39, 0.29) is 27.6 Å². The summed E-state index contributed by atoms with van der Waals surface area (Å²) in [6, 6.07) is 0. The number of rotatable bonds is 2. The largest absolute Gasteiger partial charge is 0.477 e. The minimum atomic E-state index is -1.19. The van der Waals surface area contributed by atoms with E-state index in [2.05, 4.69) is 10.3 Å². The van der Waals surface area contributed by atoms with Crippen LogP contribution in [0.3, 0.4) is 0 Å². The number of hydrogen-bond acceptors (Lipinski definition) is 5. The van der Waals surface area contributed by atoms with Crippen molar-refractivity contribution < 1.29 is 19.4 Å². The standard InChI is InChI=1S/C9H11ClN2O4S.ClH/c1-9(2,3)16-8(15)12-7-11-5(10)4(17-7)6(13)14;/h1-3H3,(H,13,14)(H,11,12,15);1H. The molecule has 0 aromatic carbocycles. The molecule has 1 heterocycles. The van der Waals surface area contributed by atoms with Gasteiger partial charge in [-0.25, -0.2) is 14.6 Å². The van der Waals surface area contributed by atoms with Crippen molar-refractivity contribution in [3.05, 3.63) is 10.0 Å². The van der Waals surface area contributed by atoms with Crippen molar-refractivity contribution in [1.29, 1.82) is 0 Å².